The van der Waals surface area contributed by atoms with Gasteiger partial charge in [0.05, 0.1) is 18.4 Å². The minimum atomic E-state index is 0.0370. The summed E-state index contributed by atoms with van der Waals surface area (Å²) in [6.45, 7) is 2.57. The third-order valence-corrected chi connectivity index (χ3v) is 2.28. The molecular weight excluding hydrogens is 166 g/mol. The molecule has 13 heavy (non-hydrogen) atoms. The molecule has 0 aliphatic heterocycles. The fraction of sp³-hybridized carbons (Fsp3) is 0.700. The summed E-state index contributed by atoms with van der Waals surface area (Å²) in [6.07, 6.45) is 8.09. The van der Waals surface area contributed by atoms with E-state index >= 15 is 0 Å². The van der Waals surface area contributed by atoms with E-state index < -0.39 is 0 Å². The number of hydrogen-bond donors (Lipinski definition) is 1. The number of hydrogen-bond acceptors (Lipinski definition) is 3. The number of allylic oxidation sites excluding steroid dienone is 1. The van der Waals surface area contributed by atoms with Crippen LogP contribution >= 0.6 is 0 Å². The topological polar surface area (TPSA) is 41.8 Å². The van der Waals surface area contributed by atoms with Gasteiger partial charge in [-0.05, 0) is 26.2 Å². The van der Waals surface area contributed by atoms with Crippen LogP contribution in [0.2, 0.25) is 0 Å². The van der Waals surface area contributed by atoms with Gasteiger partial charge >= 0.3 is 0 Å². The lowest BCUT2D eigenvalue weighted by Gasteiger charge is -2.22. The van der Waals surface area contributed by atoms with Crippen LogP contribution in [0.4, 0.5) is 0 Å². The fourth-order valence-corrected chi connectivity index (χ4v) is 1.53. The molecule has 1 fully saturated rings. The molecule has 1 atom stereocenters. The number of nitrogens with zero attached hydrogens (tertiary/aromatic N) is 1. The van der Waals surface area contributed by atoms with Crippen molar-refractivity contribution >= 4 is 5.71 Å². The van der Waals surface area contributed by atoms with Gasteiger partial charge in [0.25, 0.3) is 0 Å². The van der Waals surface area contributed by atoms with Gasteiger partial charge in [0.15, 0.2) is 0 Å². The van der Waals surface area contributed by atoms with Gasteiger partial charge in [0.2, 0.25) is 0 Å². The number of rotatable bonds is 3. The molecule has 0 aromatic heterocycles. The second kappa shape index (κ2) is 5.75. The van der Waals surface area contributed by atoms with E-state index in [9.17, 15) is 0 Å². The number of oxime groups is 1. The Morgan fingerprint density at radius 3 is 3.15 bits per heavy atom. The molecule has 0 aromatic rings. The van der Waals surface area contributed by atoms with E-state index in [2.05, 4.69) is 5.16 Å². The van der Waals surface area contributed by atoms with Crippen LogP contribution in [-0.4, -0.2) is 23.6 Å². The van der Waals surface area contributed by atoms with Gasteiger partial charge in [-0.3, -0.25) is 0 Å². The second-order valence-electron chi connectivity index (χ2n) is 3.23. The summed E-state index contributed by atoms with van der Waals surface area (Å²) in [5.41, 5.74) is 0.802. The normalized spacial score (nSPS) is 27.2. The minimum absolute atomic E-state index is 0.0370. The first kappa shape index (κ1) is 10.3. The van der Waals surface area contributed by atoms with Gasteiger partial charge in [-0.1, -0.05) is 23.7 Å². The SMILES string of the molecule is C/C=C/COC1CCCC/C1=N\O. The molecule has 1 aliphatic carbocycles. The lowest BCUT2D eigenvalue weighted by molar-refractivity contribution is 0.104. The maximum Gasteiger partial charge on any atom is 0.0993 e. The van der Waals surface area contributed by atoms with Crippen molar-refractivity contribution in [3.05, 3.63) is 12.2 Å². The fourth-order valence-electron chi connectivity index (χ4n) is 1.53. The van der Waals surface area contributed by atoms with Crippen LogP contribution in [0.25, 0.3) is 0 Å². The van der Waals surface area contributed by atoms with E-state index in [1.54, 1.807) is 0 Å². The van der Waals surface area contributed by atoms with Crippen molar-refractivity contribution in [3.8, 4) is 0 Å². The Bertz CT molecular complexity index is 199. The number of ether oxygens (including phenoxy) is 1. The average Bonchev–Trinajstić information content (AvgIpc) is 2.19. The molecule has 0 amide bonds. The van der Waals surface area contributed by atoms with Gasteiger partial charge in [0, 0.05) is 0 Å². The first-order valence-corrected chi connectivity index (χ1v) is 4.82. The summed E-state index contributed by atoms with van der Waals surface area (Å²) in [5, 5.41) is 12.0. The average molecular weight is 183 g/mol. The quantitative estimate of drug-likeness (QED) is 0.414. The van der Waals surface area contributed by atoms with Crippen LogP contribution in [-0.2, 0) is 4.74 Å². The summed E-state index contributed by atoms with van der Waals surface area (Å²) in [7, 11) is 0. The van der Waals surface area contributed by atoms with Crippen LogP contribution in [0, 0.1) is 0 Å². The summed E-state index contributed by atoms with van der Waals surface area (Å²) in [5.74, 6) is 0. The third-order valence-electron chi connectivity index (χ3n) is 2.28. The van der Waals surface area contributed by atoms with Crippen LogP contribution in [0.3, 0.4) is 0 Å². The standard InChI is InChI=1S/C10H17NO2/c1-2-3-8-13-10-7-5-4-6-9(10)11-12/h2-3,10,12H,4-8H2,1H3/b3-2+,11-9+. The highest BCUT2D eigenvalue weighted by atomic mass is 16.5. The molecule has 74 valence electrons. The van der Waals surface area contributed by atoms with Crippen molar-refractivity contribution < 1.29 is 9.94 Å². The van der Waals surface area contributed by atoms with Crippen LogP contribution in [0.15, 0.2) is 17.3 Å². The Morgan fingerprint density at radius 2 is 2.46 bits per heavy atom. The van der Waals surface area contributed by atoms with E-state index in [1.165, 1.54) is 6.42 Å². The van der Waals surface area contributed by atoms with Gasteiger partial charge in [-0.25, -0.2) is 0 Å². The van der Waals surface area contributed by atoms with Crippen molar-refractivity contribution in [1.82, 2.24) is 0 Å². The highest BCUT2D eigenvalue weighted by molar-refractivity contribution is 5.88. The predicted molar refractivity (Wildman–Crippen MR) is 52.2 cm³/mol. The molecule has 1 N–H and O–H groups in total. The smallest absolute Gasteiger partial charge is 0.0993 e. The molecule has 0 saturated heterocycles. The predicted octanol–water partition coefficient (Wildman–Crippen LogP) is 2.35. The summed E-state index contributed by atoms with van der Waals surface area (Å²) in [4.78, 5) is 0. The molecule has 1 rings (SSSR count). The summed E-state index contributed by atoms with van der Waals surface area (Å²) < 4.78 is 5.55. The van der Waals surface area contributed by atoms with Gasteiger partial charge in [-0.2, -0.15) is 0 Å². The third kappa shape index (κ3) is 3.19. The van der Waals surface area contributed by atoms with Crippen molar-refractivity contribution in [2.75, 3.05) is 6.61 Å². The second-order valence-corrected chi connectivity index (χ2v) is 3.23. The molecule has 1 saturated carbocycles. The first-order chi connectivity index (χ1) is 6.38. The monoisotopic (exact) mass is 183 g/mol. The first-order valence-electron chi connectivity index (χ1n) is 4.82. The molecule has 3 nitrogen and oxygen atoms in total. The molecule has 0 aromatic carbocycles. The lowest BCUT2D eigenvalue weighted by atomic mass is 9.95. The zero-order valence-corrected chi connectivity index (χ0v) is 8.07. The van der Waals surface area contributed by atoms with Gasteiger partial charge in [0.1, 0.15) is 0 Å². The van der Waals surface area contributed by atoms with E-state index in [0.29, 0.717) is 6.61 Å². The Hall–Kier alpha value is -0.830. The maximum absolute atomic E-state index is 8.71. The van der Waals surface area contributed by atoms with Crippen molar-refractivity contribution in [2.24, 2.45) is 5.16 Å². The van der Waals surface area contributed by atoms with E-state index in [4.69, 9.17) is 9.94 Å². The largest absolute Gasteiger partial charge is 0.411 e. The Morgan fingerprint density at radius 1 is 1.62 bits per heavy atom. The lowest BCUT2D eigenvalue weighted by Crippen LogP contribution is -2.28. The zero-order chi connectivity index (χ0) is 9.52. The maximum atomic E-state index is 8.71. The molecular formula is C10H17NO2. The van der Waals surface area contributed by atoms with E-state index in [0.717, 1.165) is 25.0 Å². The summed E-state index contributed by atoms with van der Waals surface area (Å²) in [6, 6.07) is 0. The molecule has 0 bridgehead atoms. The van der Waals surface area contributed by atoms with Crippen LogP contribution < -0.4 is 0 Å². The van der Waals surface area contributed by atoms with E-state index in [1.807, 2.05) is 19.1 Å². The molecule has 0 radical (unpaired) electrons. The van der Waals surface area contributed by atoms with Crippen molar-refractivity contribution in [3.63, 3.8) is 0 Å². The van der Waals surface area contributed by atoms with Crippen molar-refractivity contribution in [1.29, 1.82) is 0 Å². The van der Waals surface area contributed by atoms with E-state index in [-0.39, 0.29) is 6.10 Å². The minimum Gasteiger partial charge on any atom is -0.411 e. The highest BCUT2D eigenvalue weighted by Gasteiger charge is 2.20. The Kier molecular flexibility index (Phi) is 4.54. The van der Waals surface area contributed by atoms with Crippen molar-refractivity contribution in [2.45, 2.75) is 38.7 Å². The summed E-state index contributed by atoms with van der Waals surface area (Å²) >= 11 is 0. The van der Waals surface area contributed by atoms with Crippen LogP contribution in [0.5, 0.6) is 0 Å². The molecule has 0 heterocycles. The highest BCUT2D eigenvalue weighted by Crippen LogP contribution is 2.18. The van der Waals surface area contributed by atoms with Gasteiger partial charge in [-0.15, -0.1) is 0 Å². The molecule has 0 spiro atoms. The Labute approximate surface area is 79.1 Å². The molecule has 1 aliphatic rings. The van der Waals surface area contributed by atoms with Gasteiger partial charge < -0.3 is 9.94 Å². The molecule has 3 heteroatoms. The zero-order valence-electron chi connectivity index (χ0n) is 8.07. The Balaban J connectivity index is 2.36. The molecule has 1 unspecified atom stereocenters. The van der Waals surface area contributed by atoms with Crippen LogP contribution in [0.1, 0.15) is 32.6 Å².